The Morgan fingerprint density at radius 1 is 0.667 bits per heavy atom. The topological polar surface area (TPSA) is 76.7 Å². The Morgan fingerprint density at radius 3 is 1.48 bits per heavy atom. The van der Waals surface area contributed by atoms with Gasteiger partial charge in [0, 0.05) is 11.4 Å². The number of benzene rings is 2. The highest BCUT2D eigenvalue weighted by Crippen LogP contribution is 2.24. The zero-order valence-corrected chi connectivity index (χ0v) is 15.1. The predicted molar refractivity (Wildman–Crippen MR) is 104 cm³/mol. The van der Waals surface area contributed by atoms with Gasteiger partial charge in [0.2, 0.25) is 0 Å². The minimum absolute atomic E-state index is 0.460. The molecule has 2 aromatic rings. The quantitative estimate of drug-likeness (QED) is 0.729. The van der Waals surface area contributed by atoms with Crippen LogP contribution in [0.5, 0.6) is 0 Å². The van der Waals surface area contributed by atoms with E-state index in [0.29, 0.717) is 24.2 Å². The molecule has 0 bridgehead atoms. The van der Waals surface area contributed by atoms with Crippen LogP contribution in [0.1, 0.15) is 32.1 Å². The number of hydrogen-bond acceptors (Lipinski definition) is 4. The van der Waals surface area contributed by atoms with Crippen LogP contribution in [0.4, 0.5) is 21.0 Å². The third-order valence-corrected chi connectivity index (χ3v) is 4.45. The predicted octanol–water partition coefficient (Wildman–Crippen LogP) is 5.19. The molecule has 2 N–H and O–H groups in total. The molecule has 0 saturated heterocycles. The Kier molecular flexibility index (Phi) is 6.68. The van der Waals surface area contributed by atoms with Gasteiger partial charge in [-0.25, -0.2) is 9.59 Å². The average molecular weight is 368 g/mol. The van der Waals surface area contributed by atoms with Crippen molar-refractivity contribution in [3.05, 3.63) is 60.7 Å². The molecule has 6 nitrogen and oxygen atoms in total. The number of anilines is 2. The minimum Gasteiger partial charge on any atom is -0.442 e. The smallest absolute Gasteiger partial charge is 0.412 e. The van der Waals surface area contributed by atoms with E-state index < -0.39 is 24.4 Å². The molecule has 1 aliphatic rings. The number of amides is 2. The van der Waals surface area contributed by atoms with E-state index in [0.717, 1.165) is 19.3 Å². The molecule has 1 fully saturated rings. The Morgan fingerprint density at radius 2 is 1.07 bits per heavy atom. The third kappa shape index (κ3) is 6.02. The number of nitrogens with one attached hydrogen (secondary N) is 2. The molecule has 27 heavy (non-hydrogen) atoms. The highest BCUT2D eigenvalue weighted by Gasteiger charge is 2.30. The van der Waals surface area contributed by atoms with Crippen molar-refractivity contribution in [2.24, 2.45) is 0 Å². The summed E-state index contributed by atoms with van der Waals surface area (Å²) < 4.78 is 11.2. The summed E-state index contributed by atoms with van der Waals surface area (Å²) in [6, 6.07) is 18.2. The lowest BCUT2D eigenvalue weighted by Gasteiger charge is -2.25. The van der Waals surface area contributed by atoms with Crippen LogP contribution < -0.4 is 10.6 Å². The van der Waals surface area contributed by atoms with Gasteiger partial charge in [-0.1, -0.05) is 42.8 Å². The SMILES string of the molecule is O=C(Nc1ccccc1)OC1CCCCC[C@H]1OC(=O)Nc1ccccc1. The largest absolute Gasteiger partial charge is 0.442 e. The van der Waals surface area contributed by atoms with Gasteiger partial charge in [-0.2, -0.15) is 0 Å². The lowest BCUT2D eigenvalue weighted by atomic mass is 10.1. The summed E-state index contributed by atoms with van der Waals surface area (Å²) in [6.45, 7) is 0. The molecular formula is C21H24N2O4. The molecule has 0 heterocycles. The number of para-hydroxylation sites is 2. The van der Waals surface area contributed by atoms with Gasteiger partial charge in [0.15, 0.2) is 0 Å². The summed E-state index contributed by atoms with van der Waals surface area (Å²) in [5, 5.41) is 5.41. The summed E-state index contributed by atoms with van der Waals surface area (Å²) in [7, 11) is 0. The summed E-state index contributed by atoms with van der Waals surface area (Å²) in [6.07, 6.45) is 2.25. The van der Waals surface area contributed by atoms with Gasteiger partial charge in [0.05, 0.1) is 0 Å². The first-order chi connectivity index (χ1) is 13.2. The van der Waals surface area contributed by atoms with Gasteiger partial charge in [-0.3, -0.25) is 10.6 Å². The maximum absolute atomic E-state index is 12.2. The minimum atomic E-state index is -0.537. The van der Waals surface area contributed by atoms with Crippen LogP contribution in [0.3, 0.4) is 0 Å². The first-order valence-corrected chi connectivity index (χ1v) is 9.26. The fraction of sp³-hybridized carbons (Fsp3) is 0.333. The fourth-order valence-electron chi connectivity index (χ4n) is 3.12. The summed E-state index contributed by atoms with van der Waals surface area (Å²) in [4.78, 5) is 24.5. The van der Waals surface area contributed by atoms with Crippen molar-refractivity contribution >= 4 is 23.6 Å². The highest BCUT2D eigenvalue weighted by molar-refractivity contribution is 5.85. The van der Waals surface area contributed by atoms with Gasteiger partial charge in [0.25, 0.3) is 0 Å². The van der Waals surface area contributed by atoms with Crippen LogP contribution in [-0.4, -0.2) is 24.4 Å². The van der Waals surface area contributed by atoms with Crippen molar-refractivity contribution in [2.75, 3.05) is 10.6 Å². The molecule has 1 aliphatic carbocycles. The van der Waals surface area contributed by atoms with Crippen molar-refractivity contribution in [1.82, 2.24) is 0 Å². The molecular weight excluding hydrogens is 344 g/mol. The molecule has 2 atom stereocenters. The molecule has 0 radical (unpaired) electrons. The summed E-state index contributed by atoms with van der Waals surface area (Å²) in [5.41, 5.74) is 1.32. The molecule has 2 aromatic carbocycles. The van der Waals surface area contributed by atoms with Crippen molar-refractivity contribution in [3.8, 4) is 0 Å². The monoisotopic (exact) mass is 368 g/mol. The number of ether oxygens (including phenoxy) is 2. The van der Waals surface area contributed by atoms with Crippen LogP contribution in [0, 0.1) is 0 Å². The number of hydrogen-bond donors (Lipinski definition) is 2. The van der Waals surface area contributed by atoms with Gasteiger partial charge >= 0.3 is 12.2 Å². The van der Waals surface area contributed by atoms with E-state index in [9.17, 15) is 9.59 Å². The number of rotatable bonds is 4. The third-order valence-electron chi connectivity index (χ3n) is 4.45. The molecule has 1 saturated carbocycles. The lowest BCUT2D eigenvalue weighted by Crippen LogP contribution is -2.36. The first kappa shape index (κ1) is 18.8. The van der Waals surface area contributed by atoms with Crippen molar-refractivity contribution in [1.29, 1.82) is 0 Å². The second-order valence-corrected chi connectivity index (χ2v) is 6.51. The highest BCUT2D eigenvalue weighted by atomic mass is 16.6. The molecule has 142 valence electrons. The standard InChI is InChI=1S/C21H24N2O4/c24-20(22-16-10-4-1-5-11-16)26-18-14-8-3-9-15-19(18)27-21(25)23-17-12-6-2-7-13-17/h1-2,4-7,10-13,18-19H,3,8-9,14-15H2,(H,22,24)(H,23,25)/t18-,19?/m1/s1. The summed E-state index contributed by atoms with van der Waals surface area (Å²) >= 11 is 0. The Balaban J connectivity index is 1.57. The van der Waals surface area contributed by atoms with E-state index in [1.807, 2.05) is 36.4 Å². The fourth-order valence-corrected chi connectivity index (χ4v) is 3.12. The molecule has 0 aromatic heterocycles. The number of carbonyl (C=O) groups is 2. The van der Waals surface area contributed by atoms with E-state index in [1.165, 1.54) is 0 Å². The Hall–Kier alpha value is -3.02. The van der Waals surface area contributed by atoms with E-state index in [1.54, 1.807) is 24.3 Å². The lowest BCUT2D eigenvalue weighted by molar-refractivity contribution is -0.00356. The van der Waals surface area contributed by atoms with E-state index in [2.05, 4.69) is 10.6 Å². The van der Waals surface area contributed by atoms with E-state index >= 15 is 0 Å². The Labute approximate surface area is 158 Å². The van der Waals surface area contributed by atoms with Crippen LogP contribution in [0.2, 0.25) is 0 Å². The van der Waals surface area contributed by atoms with Crippen molar-refractivity contribution in [3.63, 3.8) is 0 Å². The van der Waals surface area contributed by atoms with E-state index in [4.69, 9.17) is 9.47 Å². The van der Waals surface area contributed by atoms with Gasteiger partial charge in [-0.05, 0) is 49.9 Å². The zero-order chi connectivity index (χ0) is 18.9. The Bertz CT molecular complexity index is 673. The van der Waals surface area contributed by atoms with Crippen LogP contribution >= 0.6 is 0 Å². The molecule has 0 aliphatic heterocycles. The first-order valence-electron chi connectivity index (χ1n) is 9.26. The second kappa shape index (κ2) is 9.62. The second-order valence-electron chi connectivity index (χ2n) is 6.51. The van der Waals surface area contributed by atoms with Gasteiger partial charge < -0.3 is 9.47 Å². The van der Waals surface area contributed by atoms with Gasteiger partial charge in [0.1, 0.15) is 12.2 Å². The molecule has 1 unspecified atom stereocenters. The van der Waals surface area contributed by atoms with Crippen molar-refractivity contribution < 1.29 is 19.1 Å². The molecule has 0 spiro atoms. The van der Waals surface area contributed by atoms with Crippen LogP contribution in [-0.2, 0) is 9.47 Å². The normalized spacial score (nSPS) is 19.4. The van der Waals surface area contributed by atoms with E-state index in [-0.39, 0.29) is 0 Å². The maximum atomic E-state index is 12.2. The zero-order valence-electron chi connectivity index (χ0n) is 15.1. The van der Waals surface area contributed by atoms with Crippen LogP contribution in [0.25, 0.3) is 0 Å². The van der Waals surface area contributed by atoms with Gasteiger partial charge in [-0.15, -0.1) is 0 Å². The number of carbonyl (C=O) groups excluding carboxylic acids is 2. The molecule has 3 rings (SSSR count). The van der Waals surface area contributed by atoms with Crippen LogP contribution in [0.15, 0.2) is 60.7 Å². The molecule has 6 heteroatoms. The summed E-state index contributed by atoms with van der Waals surface area (Å²) in [5.74, 6) is 0. The average Bonchev–Trinajstić information content (AvgIpc) is 2.88. The maximum Gasteiger partial charge on any atom is 0.412 e. The van der Waals surface area contributed by atoms with Crippen molar-refractivity contribution in [2.45, 2.75) is 44.3 Å². The molecule has 2 amide bonds.